The number of amides is 1. The van der Waals surface area contributed by atoms with Crippen LogP contribution >= 0.6 is 0 Å². The number of benzene rings is 2. The van der Waals surface area contributed by atoms with Crippen molar-refractivity contribution in [2.24, 2.45) is 0 Å². The molecular weight excluding hydrogens is 508 g/mol. The number of nitrogens with zero attached hydrogens (tertiary/aromatic N) is 1. The summed E-state index contributed by atoms with van der Waals surface area (Å²) < 4.78 is 43.0. The van der Waals surface area contributed by atoms with Crippen LogP contribution in [0.3, 0.4) is 0 Å². The Bertz CT molecular complexity index is 1190. The van der Waals surface area contributed by atoms with Crippen molar-refractivity contribution in [1.29, 1.82) is 0 Å². The normalized spacial score (nSPS) is 11.5. The summed E-state index contributed by atoms with van der Waals surface area (Å²) >= 11 is 0. The van der Waals surface area contributed by atoms with Crippen molar-refractivity contribution in [3.63, 3.8) is 0 Å². The Labute approximate surface area is 226 Å². The van der Waals surface area contributed by atoms with Crippen molar-refractivity contribution in [3.8, 4) is 22.6 Å². The number of carbonyl (C=O) groups excluding carboxylic acids is 2. The second-order valence-electron chi connectivity index (χ2n) is 10.0. The summed E-state index contributed by atoms with van der Waals surface area (Å²) in [5, 5.41) is 0. The van der Waals surface area contributed by atoms with Crippen molar-refractivity contribution < 1.29 is 32.2 Å². The molecule has 1 amide bonds. The number of rotatable bonds is 14. The van der Waals surface area contributed by atoms with Crippen molar-refractivity contribution in [2.45, 2.75) is 58.5 Å². The summed E-state index contributed by atoms with van der Waals surface area (Å²) in [5.74, 6) is 1.06. The number of hydrogen-bond acceptors (Lipinski definition) is 7. The van der Waals surface area contributed by atoms with Crippen LogP contribution in [0.25, 0.3) is 11.1 Å². The molecule has 1 N–H and O–H groups in total. The second kappa shape index (κ2) is 14.0. The van der Waals surface area contributed by atoms with Gasteiger partial charge in [0.2, 0.25) is 10.0 Å². The second-order valence-corrected chi connectivity index (χ2v) is 11.8. The van der Waals surface area contributed by atoms with Gasteiger partial charge in [0.25, 0.3) is 0 Å². The van der Waals surface area contributed by atoms with Crippen LogP contribution in [0.4, 0.5) is 10.5 Å². The Kier molecular flexibility index (Phi) is 11.4. The van der Waals surface area contributed by atoms with E-state index in [4.69, 9.17) is 14.2 Å². The lowest BCUT2D eigenvalue weighted by Gasteiger charge is -2.28. The Morgan fingerprint density at radius 1 is 1.00 bits per heavy atom. The van der Waals surface area contributed by atoms with E-state index in [1.165, 1.54) is 7.11 Å². The van der Waals surface area contributed by atoms with Gasteiger partial charge in [-0.15, -0.1) is 0 Å². The topological polar surface area (TPSA) is 111 Å². The number of ether oxygens (including phenoxy) is 3. The molecule has 0 saturated heterocycles. The van der Waals surface area contributed by atoms with Crippen molar-refractivity contribution in [2.75, 3.05) is 38.3 Å². The lowest BCUT2D eigenvalue weighted by Crippen LogP contribution is -2.38. The minimum absolute atomic E-state index is 0.326. The monoisotopic (exact) mass is 548 g/mol. The van der Waals surface area contributed by atoms with Gasteiger partial charge in [0, 0.05) is 25.1 Å². The van der Waals surface area contributed by atoms with Crippen molar-refractivity contribution in [3.05, 3.63) is 42.0 Å². The van der Waals surface area contributed by atoms with Crippen LogP contribution in [0.1, 0.15) is 52.0 Å². The molecule has 0 fully saturated rings. The van der Waals surface area contributed by atoms with Crippen molar-refractivity contribution in [1.82, 2.24) is 4.90 Å². The number of methoxy groups -OCH3 is 2. The molecule has 38 heavy (non-hydrogen) atoms. The lowest BCUT2D eigenvalue weighted by molar-refractivity contribution is -0.107. The average Bonchev–Trinajstić information content (AvgIpc) is 2.83. The highest BCUT2D eigenvalue weighted by atomic mass is 32.2. The minimum Gasteiger partial charge on any atom is -0.496 e. The highest BCUT2D eigenvalue weighted by Gasteiger charge is 2.23. The van der Waals surface area contributed by atoms with Gasteiger partial charge in [-0.3, -0.25) is 4.72 Å². The third kappa shape index (κ3) is 9.89. The molecule has 0 spiro atoms. The highest BCUT2D eigenvalue weighted by molar-refractivity contribution is 7.92. The van der Waals surface area contributed by atoms with Gasteiger partial charge in [-0.1, -0.05) is 24.6 Å². The number of unbranched alkanes of at least 4 members (excludes halogenated alkanes) is 3. The SMILES string of the molecule is COc1ccc(-c2cccc(OC)c2CCN(CCCCCC=O)C(=O)OC(C)(C)C)cc1NS(C)(=O)=O. The number of carbonyl (C=O) groups is 2. The van der Waals surface area contributed by atoms with Gasteiger partial charge in [0.05, 0.1) is 26.2 Å². The van der Waals surface area contributed by atoms with E-state index in [9.17, 15) is 18.0 Å². The predicted octanol–water partition coefficient (Wildman–Crippen LogP) is 5.28. The van der Waals surface area contributed by atoms with E-state index in [0.717, 1.165) is 48.5 Å². The number of hydrogen-bond donors (Lipinski definition) is 1. The number of anilines is 1. The van der Waals surface area contributed by atoms with Crippen LogP contribution in [0, 0.1) is 0 Å². The zero-order valence-electron chi connectivity index (χ0n) is 23.2. The van der Waals surface area contributed by atoms with Gasteiger partial charge in [0.1, 0.15) is 23.4 Å². The van der Waals surface area contributed by atoms with Gasteiger partial charge < -0.3 is 23.9 Å². The number of aldehydes is 1. The first-order chi connectivity index (χ1) is 17.9. The molecule has 2 aromatic carbocycles. The maximum Gasteiger partial charge on any atom is 0.410 e. The number of sulfonamides is 1. The van der Waals surface area contributed by atoms with E-state index in [1.807, 2.05) is 45.0 Å². The Morgan fingerprint density at radius 3 is 2.32 bits per heavy atom. The maximum absolute atomic E-state index is 13.0. The standard InChI is InChI=1S/C28H40N2O7S/c1-28(2,3)37-27(32)30(17-9-7-8-10-19-31)18-16-23-22(12-11-13-25(23)35-4)21-14-15-26(36-5)24(20-21)29-38(6,33)34/h11-15,19-20,29H,7-10,16-18H2,1-6H3. The molecule has 9 nitrogen and oxygen atoms in total. The fourth-order valence-electron chi connectivity index (χ4n) is 4.01. The van der Waals surface area contributed by atoms with Gasteiger partial charge in [-0.25, -0.2) is 13.2 Å². The minimum atomic E-state index is -3.52. The molecule has 2 aromatic rings. The molecule has 10 heteroatoms. The smallest absolute Gasteiger partial charge is 0.410 e. The van der Waals surface area contributed by atoms with E-state index in [0.29, 0.717) is 43.1 Å². The van der Waals surface area contributed by atoms with E-state index in [2.05, 4.69) is 4.72 Å². The molecule has 0 bridgehead atoms. The fraction of sp³-hybridized carbons (Fsp3) is 0.500. The third-order valence-electron chi connectivity index (χ3n) is 5.69. The Balaban J connectivity index is 2.38. The number of nitrogens with one attached hydrogen (secondary N) is 1. The third-order valence-corrected chi connectivity index (χ3v) is 6.28. The summed E-state index contributed by atoms with van der Waals surface area (Å²) in [4.78, 5) is 25.3. The average molecular weight is 549 g/mol. The zero-order chi connectivity index (χ0) is 28.3. The van der Waals surface area contributed by atoms with E-state index in [-0.39, 0.29) is 0 Å². The van der Waals surface area contributed by atoms with Crippen LogP contribution in [-0.4, -0.2) is 64.9 Å². The Hall–Kier alpha value is -3.27. The maximum atomic E-state index is 13.0. The van der Waals surface area contributed by atoms with Crippen LogP contribution < -0.4 is 14.2 Å². The zero-order valence-corrected chi connectivity index (χ0v) is 24.0. The summed E-state index contributed by atoms with van der Waals surface area (Å²) in [6.07, 6.45) is 4.95. The molecule has 0 aliphatic heterocycles. The Morgan fingerprint density at radius 2 is 1.71 bits per heavy atom. The molecule has 0 radical (unpaired) electrons. The summed E-state index contributed by atoms with van der Waals surface area (Å²) in [7, 11) is -0.460. The van der Waals surface area contributed by atoms with Crippen molar-refractivity contribution >= 4 is 28.1 Å². The molecule has 0 saturated carbocycles. The van der Waals surface area contributed by atoms with Crippen LogP contribution in [0.5, 0.6) is 11.5 Å². The molecule has 0 heterocycles. The molecule has 0 atom stereocenters. The van der Waals surface area contributed by atoms with Crippen LogP contribution in [0.2, 0.25) is 0 Å². The summed E-state index contributed by atoms with van der Waals surface area (Å²) in [5.41, 5.74) is 2.18. The molecule has 0 aliphatic carbocycles. The quantitative estimate of drug-likeness (QED) is 0.252. The summed E-state index contributed by atoms with van der Waals surface area (Å²) in [6, 6.07) is 10.9. The molecule has 0 unspecified atom stereocenters. The van der Waals surface area contributed by atoms with Crippen LogP contribution in [-0.2, 0) is 26.0 Å². The van der Waals surface area contributed by atoms with Gasteiger partial charge in [0.15, 0.2) is 0 Å². The van der Waals surface area contributed by atoms with Gasteiger partial charge >= 0.3 is 6.09 Å². The molecule has 0 aromatic heterocycles. The first-order valence-corrected chi connectivity index (χ1v) is 14.5. The van der Waals surface area contributed by atoms with E-state index >= 15 is 0 Å². The molecule has 0 aliphatic rings. The summed E-state index contributed by atoms with van der Waals surface area (Å²) in [6.45, 7) is 6.38. The first kappa shape index (κ1) is 31.0. The fourth-order valence-corrected chi connectivity index (χ4v) is 4.57. The predicted molar refractivity (Wildman–Crippen MR) is 149 cm³/mol. The molecular formula is C28H40N2O7S. The first-order valence-electron chi connectivity index (χ1n) is 12.6. The van der Waals surface area contributed by atoms with Gasteiger partial charge in [-0.2, -0.15) is 0 Å². The lowest BCUT2D eigenvalue weighted by atomic mass is 9.96. The molecule has 210 valence electrons. The van der Waals surface area contributed by atoms with Crippen LogP contribution in [0.15, 0.2) is 36.4 Å². The van der Waals surface area contributed by atoms with E-state index in [1.54, 1.807) is 24.1 Å². The highest BCUT2D eigenvalue weighted by Crippen LogP contribution is 2.36. The van der Waals surface area contributed by atoms with Gasteiger partial charge in [-0.05, 0) is 69.4 Å². The molecule has 2 rings (SSSR count). The van der Waals surface area contributed by atoms with E-state index < -0.39 is 21.7 Å². The largest absolute Gasteiger partial charge is 0.496 e.